The van der Waals surface area contributed by atoms with E-state index in [1.165, 1.54) is 5.56 Å². The lowest BCUT2D eigenvalue weighted by atomic mass is 10.1. The van der Waals surface area contributed by atoms with Crippen LogP contribution in [0.2, 0.25) is 0 Å². The Bertz CT molecular complexity index is 665. The van der Waals surface area contributed by atoms with Crippen molar-refractivity contribution in [3.8, 4) is 0 Å². The monoisotopic (exact) mass is 390 g/mol. The highest BCUT2D eigenvalue weighted by atomic mass is 33.1. The Labute approximate surface area is 164 Å². The quantitative estimate of drug-likeness (QED) is 0.534. The number of rotatable bonds is 9. The van der Waals surface area contributed by atoms with Crippen molar-refractivity contribution < 1.29 is 9.53 Å². The standard InChI is InChI=1S/C20H26N2O2S2/c1-4-7-17-9-11-18(12-10-17)15-24-20(23)22(3)14-16(2)25-26-19-8-5-6-13-21-19/h5-6,8-13,16H,4,7,14-15H2,1-3H3. The summed E-state index contributed by atoms with van der Waals surface area (Å²) in [5.74, 6) is 0. The molecular weight excluding hydrogens is 364 g/mol. The third-order valence-corrected chi connectivity index (χ3v) is 6.47. The average molecular weight is 391 g/mol. The number of amides is 1. The van der Waals surface area contributed by atoms with Crippen molar-refractivity contribution in [2.24, 2.45) is 0 Å². The van der Waals surface area contributed by atoms with E-state index in [1.54, 1.807) is 39.7 Å². The predicted octanol–water partition coefficient (Wildman–Crippen LogP) is 5.43. The van der Waals surface area contributed by atoms with Crippen LogP contribution in [0.1, 0.15) is 31.4 Å². The number of ether oxygens (including phenoxy) is 1. The number of carbonyl (C=O) groups is 1. The lowest BCUT2D eigenvalue weighted by molar-refractivity contribution is 0.105. The third kappa shape index (κ3) is 7.30. The molecule has 1 aromatic heterocycles. The summed E-state index contributed by atoms with van der Waals surface area (Å²) in [7, 11) is 5.10. The van der Waals surface area contributed by atoms with Gasteiger partial charge in [-0.1, -0.05) is 61.4 Å². The molecule has 0 radical (unpaired) electrons. The maximum atomic E-state index is 12.2. The Hall–Kier alpha value is -1.66. The van der Waals surface area contributed by atoms with Crippen molar-refractivity contribution in [2.75, 3.05) is 13.6 Å². The van der Waals surface area contributed by atoms with Crippen LogP contribution in [-0.2, 0) is 17.8 Å². The summed E-state index contributed by atoms with van der Waals surface area (Å²) in [6, 6.07) is 14.1. The van der Waals surface area contributed by atoms with Gasteiger partial charge in [-0.2, -0.15) is 0 Å². The predicted molar refractivity (Wildman–Crippen MR) is 110 cm³/mol. The average Bonchev–Trinajstić information content (AvgIpc) is 2.66. The molecule has 0 spiro atoms. The number of benzene rings is 1. The van der Waals surface area contributed by atoms with Gasteiger partial charge in [-0.15, -0.1) is 0 Å². The van der Waals surface area contributed by atoms with Crippen LogP contribution in [0.3, 0.4) is 0 Å². The van der Waals surface area contributed by atoms with E-state index in [4.69, 9.17) is 4.74 Å². The minimum Gasteiger partial charge on any atom is -0.445 e. The first-order valence-electron chi connectivity index (χ1n) is 8.78. The molecular formula is C20H26N2O2S2. The summed E-state index contributed by atoms with van der Waals surface area (Å²) in [5, 5.41) is 1.24. The van der Waals surface area contributed by atoms with Crippen LogP contribution < -0.4 is 0 Å². The number of carbonyl (C=O) groups excluding carboxylic acids is 1. The Morgan fingerprint density at radius 1 is 1.19 bits per heavy atom. The summed E-state index contributed by atoms with van der Waals surface area (Å²) in [4.78, 5) is 18.1. The molecule has 0 bridgehead atoms. The first-order chi connectivity index (χ1) is 12.6. The highest BCUT2D eigenvalue weighted by molar-refractivity contribution is 8.76. The molecule has 2 aromatic rings. The molecule has 0 aliphatic rings. The summed E-state index contributed by atoms with van der Waals surface area (Å²) in [6.45, 7) is 5.19. The SMILES string of the molecule is CCCc1ccc(COC(=O)N(C)CC(C)SSc2ccccn2)cc1. The maximum absolute atomic E-state index is 12.2. The number of pyridine rings is 1. The van der Waals surface area contributed by atoms with Crippen molar-refractivity contribution in [1.82, 2.24) is 9.88 Å². The molecule has 0 aliphatic heterocycles. The molecule has 1 unspecified atom stereocenters. The van der Waals surface area contributed by atoms with Crippen LogP contribution >= 0.6 is 21.6 Å². The van der Waals surface area contributed by atoms with Crippen molar-refractivity contribution in [1.29, 1.82) is 0 Å². The minimum atomic E-state index is -0.294. The van der Waals surface area contributed by atoms with Crippen LogP contribution in [0.25, 0.3) is 0 Å². The zero-order valence-corrected chi connectivity index (χ0v) is 17.2. The Morgan fingerprint density at radius 2 is 1.92 bits per heavy atom. The molecule has 0 aliphatic carbocycles. The minimum absolute atomic E-state index is 0.271. The van der Waals surface area contributed by atoms with Gasteiger partial charge in [0.15, 0.2) is 0 Å². The maximum Gasteiger partial charge on any atom is 0.409 e. The van der Waals surface area contributed by atoms with Gasteiger partial charge in [-0.3, -0.25) is 0 Å². The van der Waals surface area contributed by atoms with E-state index in [2.05, 4.69) is 31.0 Å². The van der Waals surface area contributed by atoms with E-state index in [1.807, 2.05) is 30.3 Å². The van der Waals surface area contributed by atoms with Gasteiger partial charge < -0.3 is 9.64 Å². The van der Waals surface area contributed by atoms with Gasteiger partial charge >= 0.3 is 6.09 Å². The van der Waals surface area contributed by atoms with Crippen LogP contribution in [0.4, 0.5) is 4.79 Å². The van der Waals surface area contributed by atoms with Crippen molar-refractivity contribution in [2.45, 2.75) is 43.6 Å². The summed E-state index contributed by atoms with van der Waals surface area (Å²) in [5.41, 5.74) is 2.33. The number of hydrogen-bond donors (Lipinski definition) is 0. The zero-order valence-electron chi connectivity index (χ0n) is 15.6. The molecule has 1 amide bonds. The fraction of sp³-hybridized carbons (Fsp3) is 0.400. The number of aromatic nitrogens is 1. The summed E-state index contributed by atoms with van der Waals surface area (Å²) in [6.07, 6.45) is 3.70. The molecule has 6 heteroatoms. The molecule has 2 rings (SSSR count). The third-order valence-electron chi connectivity index (χ3n) is 3.70. The van der Waals surface area contributed by atoms with Gasteiger partial charge in [0.25, 0.3) is 0 Å². The van der Waals surface area contributed by atoms with Crippen molar-refractivity contribution in [3.05, 3.63) is 59.8 Å². The lowest BCUT2D eigenvalue weighted by Crippen LogP contribution is -2.32. The first-order valence-corrected chi connectivity index (χ1v) is 11.0. The Kier molecular flexibility index (Phi) is 8.85. The molecule has 0 saturated heterocycles. The van der Waals surface area contributed by atoms with Crippen LogP contribution in [0.15, 0.2) is 53.7 Å². The molecule has 1 heterocycles. The van der Waals surface area contributed by atoms with Gasteiger partial charge in [0.05, 0.1) is 0 Å². The smallest absolute Gasteiger partial charge is 0.409 e. The molecule has 1 aromatic carbocycles. The fourth-order valence-electron chi connectivity index (χ4n) is 2.36. The molecule has 1 atom stereocenters. The summed E-state index contributed by atoms with van der Waals surface area (Å²) >= 11 is 0. The van der Waals surface area contributed by atoms with E-state index in [-0.39, 0.29) is 11.3 Å². The first kappa shape index (κ1) is 20.6. The van der Waals surface area contributed by atoms with E-state index < -0.39 is 0 Å². The molecule has 0 fully saturated rings. The highest BCUT2D eigenvalue weighted by Crippen LogP contribution is 2.33. The molecule has 4 nitrogen and oxygen atoms in total. The normalized spacial score (nSPS) is 11.8. The van der Waals surface area contributed by atoms with Gasteiger partial charge in [0.2, 0.25) is 0 Å². The second-order valence-corrected chi connectivity index (χ2v) is 8.82. The Balaban J connectivity index is 1.70. The number of hydrogen-bond acceptors (Lipinski definition) is 5. The topological polar surface area (TPSA) is 42.4 Å². The van der Waals surface area contributed by atoms with Gasteiger partial charge in [0, 0.05) is 25.0 Å². The van der Waals surface area contributed by atoms with Gasteiger partial charge in [-0.05, 0) is 40.5 Å². The van der Waals surface area contributed by atoms with Gasteiger partial charge in [-0.25, -0.2) is 9.78 Å². The van der Waals surface area contributed by atoms with Crippen LogP contribution in [0.5, 0.6) is 0 Å². The van der Waals surface area contributed by atoms with Crippen molar-refractivity contribution >= 4 is 27.7 Å². The van der Waals surface area contributed by atoms with Gasteiger partial charge in [0.1, 0.15) is 11.6 Å². The molecule has 0 saturated carbocycles. The number of aryl methyl sites for hydroxylation is 1. The van der Waals surface area contributed by atoms with E-state index >= 15 is 0 Å². The largest absolute Gasteiger partial charge is 0.445 e. The highest BCUT2D eigenvalue weighted by Gasteiger charge is 2.15. The molecule has 140 valence electrons. The van der Waals surface area contributed by atoms with Crippen LogP contribution in [-0.4, -0.2) is 34.8 Å². The van der Waals surface area contributed by atoms with E-state index in [9.17, 15) is 4.79 Å². The van der Waals surface area contributed by atoms with E-state index in [0.717, 1.165) is 23.4 Å². The molecule has 0 N–H and O–H groups in total. The Morgan fingerprint density at radius 3 is 2.58 bits per heavy atom. The van der Waals surface area contributed by atoms with Crippen molar-refractivity contribution in [3.63, 3.8) is 0 Å². The second kappa shape index (κ2) is 11.1. The van der Waals surface area contributed by atoms with Crippen LogP contribution in [0, 0.1) is 0 Å². The second-order valence-electron chi connectivity index (χ2n) is 6.16. The fourth-order valence-corrected chi connectivity index (χ4v) is 4.42. The molecule has 26 heavy (non-hydrogen) atoms. The van der Waals surface area contributed by atoms with E-state index in [0.29, 0.717) is 13.2 Å². The number of nitrogens with zero attached hydrogens (tertiary/aromatic N) is 2. The lowest BCUT2D eigenvalue weighted by Gasteiger charge is -2.20. The summed E-state index contributed by atoms with van der Waals surface area (Å²) < 4.78 is 5.41. The zero-order chi connectivity index (χ0) is 18.8.